The van der Waals surface area contributed by atoms with E-state index in [-0.39, 0.29) is 5.91 Å². The van der Waals surface area contributed by atoms with E-state index in [9.17, 15) is 4.79 Å². The fraction of sp³-hybridized carbons (Fsp3) is 0.481. The van der Waals surface area contributed by atoms with Crippen molar-refractivity contribution in [3.05, 3.63) is 52.5 Å². The highest BCUT2D eigenvalue weighted by Gasteiger charge is 2.29. The van der Waals surface area contributed by atoms with Crippen LogP contribution < -0.4 is 0 Å². The van der Waals surface area contributed by atoms with Crippen LogP contribution in [0.1, 0.15) is 59.5 Å². The predicted octanol–water partition coefficient (Wildman–Crippen LogP) is 6.06. The Labute approximate surface area is 195 Å². The second-order valence-corrected chi connectivity index (χ2v) is 10.4. The molecular formula is C27H33N3OS. The largest absolute Gasteiger partial charge is 0.338 e. The number of piperidine rings is 1. The maximum absolute atomic E-state index is 13.4. The summed E-state index contributed by atoms with van der Waals surface area (Å²) in [6, 6.07) is 13.4. The third-order valence-electron chi connectivity index (χ3n) is 7.27. The number of aromatic nitrogens is 1. The van der Waals surface area contributed by atoms with Gasteiger partial charge in [-0.2, -0.15) is 0 Å². The van der Waals surface area contributed by atoms with Crippen LogP contribution in [0.4, 0.5) is 0 Å². The van der Waals surface area contributed by atoms with Crippen molar-refractivity contribution in [3.8, 4) is 10.6 Å². The van der Waals surface area contributed by atoms with Crippen LogP contribution in [-0.4, -0.2) is 52.9 Å². The van der Waals surface area contributed by atoms with E-state index >= 15 is 0 Å². The van der Waals surface area contributed by atoms with Crippen LogP contribution in [0.25, 0.3) is 21.3 Å². The Morgan fingerprint density at radius 2 is 1.59 bits per heavy atom. The van der Waals surface area contributed by atoms with Gasteiger partial charge in [-0.15, -0.1) is 11.3 Å². The van der Waals surface area contributed by atoms with Gasteiger partial charge in [0, 0.05) is 24.7 Å². The number of fused-ring (bicyclic) bond motifs is 1. The minimum absolute atomic E-state index is 0.164. The number of benzene rings is 2. The van der Waals surface area contributed by atoms with Gasteiger partial charge in [-0.25, -0.2) is 4.98 Å². The summed E-state index contributed by atoms with van der Waals surface area (Å²) in [7, 11) is 0. The lowest BCUT2D eigenvalue weighted by molar-refractivity contribution is 0.0626. The second kappa shape index (κ2) is 9.32. The molecule has 2 aromatic carbocycles. The van der Waals surface area contributed by atoms with E-state index in [0.717, 1.165) is 47.1 Å². The fourth-order valence-electron chi connectivity index (χ4n) is 5.38. The van der Waals surface area contributed by atoms with E-state index in [0.29, 0.717) is 6.04 Å². The normalized spacial score (nSPS) is 18.8. The molecule has 1 aromatic heterocycles. The van der Waals surface area contributed by atoms with Crippen LogP contribution in [-0.2, 0) is 0 Å². The molecule has 2 fully saturated rings. The molecule has 168 valence electrons. The first-order valence-corrected chi connectivity index (χ1v) is 12.9. The maximum atomic E-state index is 13.4. The summed E-state index contributed by atoms with van der Waals surface area (Å²) in [4.78, 5) is 23.8. The van der Waals surface area contributed by atoms with Gasteiger partial charge in [-0.1, -0.05) is 49.2 Å². The Morgan fingerprint density at radius 1 is 0.906 bits per heavy atom. The number of carbonyl (C=O) groups excluding carboxylic acids is 1. The monoisotopic (exact) mass is 447 g/mol. The highest BCUT2D eigenvalue weighted by atomic mass is 32.1. The minimum Gasteiger partial charge on any atom is -0.338 e. The number of thiazole rings is 1. The Balaban J connectivity index is 1.33. The van der Waals surface area contributed by atoms with Crippen molar-refractivity contribution >= 4 is 28.0 Å². The lowest BCUT2D eigenvalue weighted by Crippen LogP contribution is -2.47. The van der Waals surface area contributed by atoms with E-state index in [1.54, 1.807) is 11.3 Å². The zero-order valence-electron chi connectivity index (χ0n) is 19.3. The van der Waals surface area contributed by atoms with E-state index < -0.39 is 0 Å². The molecule has 2 aliphatic heterocycles. The molecule has 4 nitrogen and oxygen atoms in total. The lowest BCUT2D eigenvalue weighted by Gasteiger charge is -2.38. The number of amides is 1. The highest BCUT2D eigenvalue weighted by molar-refractivity contribution is 7.17. The number of hydrogen-bond donors (Lipinski definition) is 0. The molecule has 2 aliphatic rings. The van der Waals surface area contributed by atoms with Gasteiger partial charge in [0.25, 0.3) is 5.91 Å². The van der Waals surface area contributed by atoms with Crippen LogP contribution in [0, 0.1) is 13.8 Å². The Bertz CT molecular complexity index is 1110. The second-order valence-electron chi connectivity index (χ2n) is 9.38. The number of hydrogen-bond acceptors (Lipinski definition) is 4. The molecule has 3 aromatic rings. The molecule has 32 heavy (non-hydrogen) atoms. The van der Waals surface area contributed by atoms with Crippen molar-refractivity contribution in [1.82, 2.24) is 14.8 Å². The van der Waals surface area contributed by atoms with Gasteiger partial charge < -0.3 is 9.80 Å². The highest BCUT2D eigenvalue weighted by Crippen LogP contribution is 2.35. The Morgan fingerprint density at radius 3 is 2.31 bits per heavy atom. The fourth-order valence-corrected chi connectivity index (χ4v) is 6.46. The molecule has 1 amide bonds. The van der Waals surface area contributed by atoms with Gasteiger partial charge in [-0.05, 0) is 69.0 Å². The van der Waals surface area contributed by atoms with Crippen molar-refractivity contribution in [3.63, 3.8) is 0 Å². The SMILES string of the molecule is Cc1nc(-c2ccc(C)c3ccccc23)sc1C(=O)N1CCC(N2CCCCCC2)CC1. The Kier molecular flexibility index (Phi) is 6.29. The third-order valence-corrected chi connectivity index (χ3v) is 8.45. The summed E-state index contributed by atoms with van der Waals surface area (Å²) in [5, 5.41) is 3.40. The Hall–Kier alpha value is -2.24. The molecule has 5 rings (SSSR count). The first-order valence-electron chi connectivity index (χ1n) is 12.1. The minimum atomic E-state index is 0.164. The quantitative estimate of drug-likeness (QED) is 0.490. The van der Waals surface area contributed by atoms with Crippen LogP contribution >= 0.6 is 11.3 Å². The zero-order chi connectivity index (χ0) is 22.1. The summed E-state index contributed by atoms with van der Waals surface area (Å²) in [5.41, 5.74) is 3.24. The molecule has 2 saturated heterocycles. The van der Waals surface area contributed by atoms with Crippen LogP contribution in [0.2, 0.25) is 0 Å². The average molecular weight is 448 g/mol. The molecule has 0 atom stereocenters. The number of carbonyl (C=O) groups is 1. The van der Waals surface area contributed by atoms with Crippen LogP contribution in [0.5, 0.6) is 0 Å². The van der Waals surface area contributed by atoms with Gasteiger partial charge in [0.15, 0.2) is 0 Å². The van der Waals surface area contributed by atoms with E-state index in [1.807, 2.05) is 6.92 Å². The number of likely N-dealkylation sites (tertiary alicyclic amines) is 2. The number of aryl methyl sites for hydroxylation is 2. The zero-order valence-corrected chi connectivity index (χ0v) is 20.1. The molecule has 0 aliphatic carbocycles. The topological polar surface area (TPSA) is 36.4 Å². The molecule has 3 heterocycles. The molecule has 0 unspecified atom stereocenters. The van der Waals surface area contributed by atoms with Gasteiger partial charge in [0.2, 0.25) is 0 Å². The molecule has 0 saturated carbocycles. The molecule has 0 spiro atoms. The van der Waals surface area contributed by atoms with E-state index in [4.69, 9.17) is 4.98 Å². The van der Waals surface area contributed by atoms with Crippen molar-refractivity contribution in [1.29, 1.82) is 0 Å². The molecule has 0 N–H and O–H groups in total. The standard InChI is InChI=1S/C27H33N3OS/c1-19-11-12-24(23-10-6-5-9-22(19)23)26-28-20(2)25(32-26)27(31)30-17-13-21(14-18-30)29-15-7-3-4-8-16-29/h5-6,9-12,21H,3-4,7-8,13-18H2,1-2H3. The van der Waals surface area contributed by atoms with Crippen molar-refractivity contribution < 1.29 is 4.79 Å². The van der Waals surface area contributed by atoms with E-state index in [1.165, 1.54) is 55.1 Å². The first kappa shape index (κ1) is 21.6. The summed E-state index contributed by atoms with van der Waals surface area (Å²) >= 11 is 1.55. The summed E-state index contributed by atoms with van der Waals surface area (Å²) in [5.74, 6) is 0.164. The van der Waals surface area contributed by atoms with Crippen molar-refractivity contribution in [2.75, 3.05) is 26.2 Å². The van der Waals surface area contributed by atoms with Gasteiger partial charge >= 0.3 is 0 Å². The maximum Gasteiger partial charge on any atom is 0.265 e. The summed E-state index contributed by atoms with van der Waals surface area (Å²) in [6.45, 7) is 8.32. The van der Waals surface area contributed by atoms with E-state index in [2.05, 4.69) is 53.1 Å². The van der Waals surface area contributed by atoms with Crippen LogP contribution in [0.3, 0.4) is 0 Å². The average Bonchev–Trinajstić information content (AvgIpc) is 3.02. The number of nitrogens with zero attached hydrogens (tertiary/aromatic N) is 3. The summed E-state index contributed by atoms with van der Waals surface area (Å²) in [6.07, 6.45) is 7.59. The predicted molar refractivity (Wildman–Crippen MR) is 133 cm³/mol. The molecule has 0 bridgehead atoms. The smallest absolute Gasteiger partial charge is 0.265 e. The molecule has 0 radical (unpaired) electrons. The van der Waals surface area contributed by atoms with Crippen LogP contribution in [0.15, 0.2) is 36.4 Å². The summed E-state index contributed by atoms with van der Waals surface area (Å²) < 4.78 is 0. The first-order chi connectivity index (χ1) is 15.6. The van der Waals surface area contributed by atoms with Gasteiger partial charge in [0.05, 0.1) is 5.69 Å². The molecular weight excluding hydrogens is 414 g/mol. The lowest BCUT2D eigenvalue weighted by atomic mass is 10.0. The van der Waals surface area contributed by atoms with Gasteiger partial charge in [-0.3, -0.25) is 4.79 Å². The molecule has 5 heteroatoms. The van der Waals surface area contributed by atoms with Gasteiger partial charge in [0.1, 0.15) is 9.88 Å². The van der Waals surface area contributed by atoms with Crippen molar-refractivity contribution in [2.24, 2.45) is 0 Å². The third kappa shape index (κ3) is 4.20. The van der Waals surface area contributed by atoms with Crippen molar-refractivity contribution in [2.45, 2.75) is 58.4 Å². The number of rotatable bonds is 3.